The van der Waals surface area contributed by atoms with Crippen molar-refractivity contribution in [2.45, 2.75) is 26.7 Å². The summed E-state index contributed by atoms with van der Waals surface area (Å²) in [5, 5.41) is 0.939. The summed E-state index contributed by atoms with van der Waals surface area (Å²) in [5.74, 6) is 0.631. The second-order valence-corrected chi connectivity index (χ2v) is 7.85. The van der Waals surface area contributed by atoms with Crippen molar-refractivity contribution in [3.63, 3.8) is 0 Å². The predicted molar refractivity (Wildman–Crippen MR) is 129 cm³/mol. The van der Waals surface area contributed by atoms with E-state index in [1.54, 1.807) is 0 Å². The maximum absolute atomic E-state index is 13.5. The minimum atomic E-state index is 0. The lowest BCUT2D eigenvalue weighted by atomic mass is 9.95. The summed E-state index contributed by atoms with van der Waals surface area (Å²) in [6.45, 7) is 6.43. The molecule has 1 saturated heterocycles. The average molecular weight is 446 g/mol. The van der Waals surface area contributed by atoms with Crippen molar-refractivity contribution in [1.29, 1.82) is 0 Å². The van der Waals surface area contributed by atoms with E-state index in [9.17, 15) is 4.79 Å². The Morgan fingerprint density at radius 2 is 1.67 bits per heavy atom. The van der Waals surface area contributed by atoms with Crippen LogP contribution in [-0.4, -0.2) is 35.4 Å². The second kappa shape index (κ2) is 10.3. The molecule has 0 aliphatic carbocycles. The van der Waals surface area contributed by atoms with Gasteiger partial charge in [0.1, 0.15) is 0 Å². The van der Waals surface area contributed by atoms with Crippen molar-refractivity contribution < 1.29 is 4.79 Å². The number of likely N-dealkylation sites (tertiary alicyclic amines) is 1. The average Bonchev–Trinajstić information content (AvgIpc) is 2.74. The molecule has 2 N–H and O–H groups in total. The fourth-order valence-corrected chi connectivity index (χ4v) is 3.96. The molecule has 4 nitrogen and oxygen atoms in total. The number of nitrogens with zero attached hydrogens (tertiary/aromatic N) is 2. The van der Waals surface area contributed by atoms with Gasteiger partial charge in [0.2, 0.25) is 0 Å². The maximum Gasteiger partial charge on any atom is 0.254 e. The highest BCUT2D eigenvalue weighted by atomic mass is 35.5. The van der Waals surface area contributed by atoms with Gasteiger partial charge in [-0.1, -0.05) is 30.3 Å². The summed E-state index contributed by atoms with van der Waals surface area (Å²) < 4.78 is 0. The van der Waals surface area contributed by atoms with Gasteiger partial charge in [0.15, 0.2) is 0 Å². The Kier molecular flexibility index (Phi) is 8.25. The molecule has 2 aromatic carbocycles. The first-order valence-corrected chi connectivity index (χ1v) is 10.0. The molecule has 1 aliphatic rings. The number of nitrogens with two attached hydrogens (primary N) is 1. The van der Waals surface area contributed by atoms with Crippen LogP contribution in [0.1, 0.15) is 34.3 Å². The Morgan fingerprint density at radius 3 is 2.30 bits per heavy atom. The molecule has 2 heterocycles. The van der Waals surface area contributed by atoms with Crippen molar-refractivity contribution in [2.75, 3.05) is 19.6 Å². The molecule has 0 unspecified atom stereocenters. The van der Waals surface area contributed by atoms with E-state index in [4.69, 9.17) is 10.7 Å². The summed E-state index contributed by atoms with van der Waals surface area (Å²) in [5.41, 5.74) is 11.7. The highest BCUT2D eigenvalue weighted by molar-refractivity contribution is 6.07. The van der Waals surface area contributed by atoms with Crippen molar-refractivity contribution in [1.82, 2.24) is 9.88 Å². The smallest absolute Gasteiger partial charge is 0.254 e. The number of benzene rings is 2. The van der Waals surface area contributed by atoms with Crippen LogP contribution in [0.4, 0.5) is 0 Å². The number of carbonyl (C=O) groups is 1. The topological polar surface area (TPSA) is 59.2 Å². The van der Waals surface area contributed by atoms with Crippen LogP contribution in [0.15, 0.2) is 48.5 Å². The van der Waals surface area contributed by atoms with E-state index in [-0.39, 0.29) is 30.7 Å². The van der Waals surface area contributed by atoms with Crippen LogP contribution in [-0.2, 0) is 0 Å². The second-order valence-electron chi connectivity index (χ2n) is 7.85. The zero-order chi connectivity index (χ0) is 19.7. The van der Waals surface area contributed by atoms with Crippen LogP contribution in [0.5, 0.6) is 0 Å². The fourth-order valence-electron chi connectivity index (χ4n) is 3.96. The first-order valence-electron chi connectivity index (χ1n) is 10.0. The quantitative estimate of drug-likeness (QED) is 0.604. The van der Waals surface area contributed by atoms with Crippen molar-refractivity contribution in [3.8, 4) is 11.3 Å². The SMILES string of the molecule is Cc1cc2nc(-c3ccccc3)cc(C(=O)N3CCC(CN)CC3)c2cc1C.Cl.Cl. The van der Waals surface area contributed by atoms with Gasteiger partial charge in [-0.05, 0) is 68.5 Å². The van der Waals surface area contributed by atoms with Gasteiger partial charge < -0.3 is 10.6 Å². The number of hydrogen-bond donors (Lipinski definition) is 1. The number of rotatable bonds is 3. The highest BCUT2D eigenvalue weighted by Gasteiger charge is 2.25. The molecule has 1 aliphatic heterocycles. The molecule has 1 aromatic heterocycles. The molecule has 1 amide bonds. The standard InChI is InChI=1S/C24H27N3O.2ClH/c1-16-12-20-21(24(28)27-10-8-18(15-25)9-11-27)14-22(19-6-4-3-5-7-19)26-23(20)13-17(16)2;;/h3-7,12-14,18H,8-11,15,25H2,1-2H3;2*1H. The number of fused-ring (bicyclic) bond motifs is 1. The Balaban J connectivity index is 0.00000160. The highest BCUT2D eigenvalue weighted by Crippen LogP contribution is 2.29. The number of pyridine rings is 1. The molecule has 4 rings (SSSR count). The van der Waals surface area contributed by atoms with E-state index in [2.05, 4.69) is 26.0 Å². The van der Waals surface area contributed by atoms with Crippen molar-refractivity contribution in [2.24, 2.45) is 11.7 Å². The van der Waals surface area contributed by atoms with Crippen LogP contribution >= 0.6 is 24.8 Å². The van der Waals surface area contributed by atoms with E-state index in [1.807, 2.05) is 41.3 Å². The first-order chi connectivity index (χ1) is 13.6. The van der Waals surface area contributed by atoms with Crippen LogP contribution in [0.25, 0.3) is 22.2 Å². The fraction of sp³-hybridized carbons (Fsp3) is 0.333. The normalized spacial score (nSPS) is 14.2. The number of amides is 1. The molecule has 3 aromatic rings. The van der Waals surface area contributed by atoms with Gasteiger partial charge in [-0.25, -0.2) is 4.98 Å². The van der Waals surface area contributed by atoms with Crippen molar-refractivity contribution in [3.05, 3.63) is 65.2 Å². The van der Waals surface area contributed by atoms with Gasteiger partial charge in [-0.3, -0.25) is 4.79 Å². The summed E-state index contributed by atoms with van der Waals surface area (Å²) in [4.78, 5) is 20.3. The molecule has 0 radical (unpaired) electrons. The molecule has 0 atom stereocenters. The molecular formula is C24H29Cl2N3O. The Labute approximate surface area is 190 Å². The number of hydrogen-bond acceptors (Lipinski definition) is 3. The Bertz CT molecular complexity index is 1020. The van der Waals surface area contributed by atoms with E-state index in [0.29, 0.717) is 12.5 Å². The monoisotopic (exact) mass is 445 g/mol. The third-order valence-corrected chi connectivity index (χ3v) is 5.96. The summed E-state index contributed by atoms with van der Waals surface area (Å²) >= 11 is 0. The molecule has 0 bridgehead atoms. The molecule has 0 saturated carbocycles. The molecule has 160 valence electrons. The largest absolute Gasteiger partial charge is 0.339 e. The summed E-state index contributed by atoms with van der Waals surface area (Å²) in [7, 11) is 0. The van der Waals surface area contributed by atoms with Crippen LogP contribution in [0.2, 0.25) is 0 Å². The van der Waals surface area contributed by atoms with Gasteiger partial charge in [0.05, 0.1) is 16.8 Å². The van der Waals surface area contributed by atoms with E-state index in [0.717, 1.165) is 53.7 Å². The molecule has 30 heavy (non-hydrogen) atoms. The van der Waals surface area contributed by atoms with Gasteiger partial charge in [-0.2, -0.15) is 0 Å². The summed E-state index contributed by atoms with van der Waals surface area (Å²) in [6.07, 6.45) is 1.96. The minimum Gasteiger partial charge on any atom is -0.339 e. The number of piperidine rings is 1. The van der Waals surface area contributed by atoms with Crippen LogP contribution in [0.3, 0.4) is 0 Å². The van der Waals surface area contributed by atoms with E-state index in [1.165, 1.54) is 11.1 Å². The maximum atomic E-state index is 13.5. The molecule has 0 spiro atoms. The van der Waals surface area contributed by atoms with E-state index >= 15 is 0 Å². The minimum absolute atomic E-state index is 0. The lowest BCUT2D eigenvalue weighted by molar-refractivity contribution is 0.0695. The van der Waals surface area contributed by atoms with Crippen LogP contribution < -0.4 is 5.73 Å². The molecule has 1 fully saturated rings. The number of aryl methyl sites for hydroxylation is 2. The zero-order valence-electron chi connectivity index (χ0n) is 17.4. The van der Waals surface area contributed by atoms with Crippen molar-refractivity contribution >= 4 is 41.6 Å². The first kappa shape index (κ1) is 24.1. The number of aromatic nitrogens is 1. The van der Waals surface area contributed by atoms with E-state index < -0.39 is 0 Å². The zero-order valence-corrected chi connectivity index (χ0v) is 19.1. The Hall–Kier alpha value is -2.14. The number of halogens is 2. The molecule has 6 heteroatoms. The van der Waals surface area contributed by atoms with Gasteiger partial charge in [-0.15, -0.1) is 24.8 Å². The third kappa shape index (κ3) is 4.77. The van der Waals surface area contributed by atoms with Crippen LogP contribution in [0, 0.1) is 19.8 Å². The lowest BCUT2D eigenvalue weighted by Crippen LogP contribution is -2.40. The predicted octanol–water partition coefficient (Wildman–Crippen LogP) is 5.17. The van der Waals surface area contributed by atoms with Gasteiger partial charge >= 0.3 is 0 Å². The third-order valence-electron chi connectivity index (χ3n) is 5.96. The molecular weight excluding hydrogens is 417 g/mol. The summed E-state index contributed by atoms with van der Waals surface area (Å²) in [6, 6.07) is 16.2. The number of carbonyl (C=O) groups excluding carboxylic acids is 1. The van der Waals surface area contributed by atoms with Gasteiger partial charge in [0.25, 0.3) is 5.91 Å². The Morgan fingerprint density at radius 1 is 1.03 bits per heavy atom. The lowest BCUT2D eigenvalue weighted by Gasteiger charge is -2.31. The van der Waals surface area contributed by atoms with Gasteiger partial charge in [0, 0.05) is 24.0 Å².